The first-order valence-corrected chi connectivity index (χ1v) is 6.28. The van der Waals surface area contributed by atoms with Gasteiger partial charge in [-0.2, -0.15) is 0 Å². The molecule has 1 N–H and O–H groups in total. The number of methoxy groups -OCH3 is 1. The lowest BCUT2D eigenvalue weighted by Gasteiger charge is -2.16. The van der Waals surface area contributed by atoms with E-state index in [0.29, 0.717) is 0 Å². The minimum Gasteiger partial charge on any atom is -0.385 e. The standard InChI is InChI=1S/C13H23N3O/c1-4-7-14-12(6-5-8-17-3)13-15-9-11(2)10-16-13/h9-10,12,14H,4-8H2,1-3H3. The fourth-order valence-electron chi connectivity index (χ4n) is 1.66. The molecule has 96 valence electrons. The van der Waals surface area contributed by atoms with E-state index in [9.17, 15) is 0 Å². The average Bonchev–Trinajstić information content (AvgIpc) is 2.35. The molecule has 0 aliphatic rings. The van der Waals surface area contributed by atoms with Crippen LogP contribution in [0.15, 0.2) is 12.4 Å². The van der Waals surface area contributed by atoms with Crippen molar-refractivity contribution < 1.29 is 4.74 Å². The summed E-state index contributed by atoms with van der Waals surface area (Å²) in [6.07, 6.45) is 6.90. The maximum atomic E-state index is 5.08. The highest BCUT2D eigenvalue weighted by Gasteiger charge is 2.12. The van der Waals surface area contributed by atoms with E-state index in [0.717, 1.165) is 43.8 Å². The fraction of sp³-hybridized carbons (Fsp3) is 0.692. The molecule has 0 amide bonds. The summed E-state index contributed by atoms with van der Waals surface area (Å²) in [7, 11) is 1.73. The average molecular weight is 237 g/mol. The van der Waals surface area contributed by atoms with Crippen molar-refractivity contribution in [3.63, 3.8) is 0 Å². The first-order valence-electron chi connectivity index (χ1n) is 6.28. The smallest absolute Gasteiger partial charge is 0.145 e. The van der Waals surface area contributed by atoms with Crippen LogP contribution in [-0.4, -0.2) is 30.2 Å². The summed E-state index contributed by atoms with van der Waals surface area (Å²) in [5.41, 5.74) is 1.10. The highest BCUT2D eigenvalue weighted by Crippen LogP contribution is 2.14. The van der Waals surface area contributed by atoms with Gasteiger partial charge in [-0.05, 0) is 38.3 Å². The predicted octanol–water partition coefficient (Wildman–Crippen LogP) is 2.25. The Morgan fingerprint density at radius 1 is 1.35 bits per heavy atom. The summed E-state index contributed by atoms with van der Waals surface area (Å²) in [6.45, 7) is 5.95. The SMILES string of the molecule is CCCNC(CCCOC)c1ncc(C)cn1. The number of rotatable bonds is 8. The Hall–Kier alpha value is -1.00. The molecule has 0 aliphatic heterocycles. The minimum atomic E-state index is 0.241. The number of nitrogens with zero attached hydrogens (tertiary/aromatic N) is 2. The van der Waals surface area contributed by atoms with E-state index in [-0.39, 0.29) is 6.04 Å². The van der Waals surface area contributed by atoms with E-state index >= 15 is 0 Å². The zero-order valence-corrected chi connectivity index (χ0v) is 11.1. The van der Waals surface area contributed by atoms with Crippen LogP contribution in [0.1, 0.15) is 43.6 Å². The van der Waals surface area contributed by atoms with Gasteiger partial charge in [0.2, 0.25) is 0 Å². The molecular weight excluding hydrogens is 214 g/mol. The van der Waals surface area contributed by atoms with Gasteiger partial charge in [-0.15, -0.1) is 0 Å². The number of nitrogens with one attached hydrogen (secondary N) is 1. The van der Waals surface area contributed by atoms with E-state index in [1.165, 1.54) is 0 Å². The molecule has 0 radical (unpaired) electrons. The van der Waals surface area contributed by atoms with Crippen molar-refractivity contribution >= 4 is 0 Å². The Kier molecular flexibility index (Phi) is 6.74. The third-order valence-electron chi connectivity index (χ3n) is 2.59. The predicted molar refractivity (Wildman–Crippen MR) is 68.9 cm³/mol. The summed E-state index contributed by atoms with van der Waals surface area (Å²) in [4.78, 5) is 8.79. The maximum Gasteiger partial charge on any atom is 0.145 e. The lowest BCUT2D eigenvalue weighted by molar-refractivity contribution is 0.188. The van der Waals surface area contributed by atoms with Gasteiger partial charge in [0.25, 0.3) is 0 Å². The molecule has 1 atom stereocenters. The van der Waals surface area contributed by atoms with Gasteiger partial charge in [-0.1, -0.05) is 6.92 Å². The molecule has 0 saturated carbocycles. The minimum absolute atomic E-state index is 0.241. The van der Waals surface area contributed by atoms with Crippen LogP contribution in [0, 0.1) is 6.92 Å². The molecule has 1 heterocycles. The second-order valence-electron chi connectivity index (χ2n) is 4.26. The summed E-state index contributed by atoms with van der Waals surface area (Å²) in [5, 5.41) is 3.48. The Bertz CT molecular complexity index is 300. The van der Waals surface area contributed by atoms with Gasteiger partial charge in [-0.3, -0.25) is 0 Å². The van der Waals surface area contributed by atoms with Crippen molar-refractivity contribution in [3.8, 4) is 0 Å². The Balaban J connectivity index is 2.57. The first kappa shape index (κ1) is 14.1. The van der Waals surface area contributed by atoms with Crippen molar-refractivity contribution in [2.75, 3.05) is 20.3 Å². The number of ether oxygens (including phenoxy) is 1. The molecule has 0 aliphatic carbocycles. The molecule has 0 saturated heterocycles. The number of aryl methyl sites for hydroxylation is 1. The third-order valence-corrected chi connectivity index (χ3v) is 2.59. The molecule has 4 nitrogen and oxygen atoms in total. The van der Waals surface area contributed by atoms with Gasteiger partial charge in [0.15, 0.2) is 0 Å². The molecule has 1 aromatic heterocycles. The second kappa shape index (κ2) is 8.14. The topological polar surface area (TPSA) is 47.0 Å². The third kappa shape index (κ3) is 5.24. The van der Waals surface area contributed by atoms with E-state index in [2.05, 4.69) is 22.2 Å². The molecule has 4 heteroatoms. The molecule has 0 bridgehead atoms. The van der Waals surface area contributed by atoms with E-state index < -0.39 is 0 Å². The Morgan fingerprint density at radius 3 is 2.65 bits per heavy atom. The number of hydrogen-bond donors (Lipinski definition) is 1. The van der Waals surface area contributed by atoms with Gasteiger partial charge in [-0.25, -0.2) is 9.97 Å². The van der Waals surface area contributed by atoms with Crippen LogP contribution in [0.25, 0.3) is 0 Å². The van der Waals surface area contributed by atoms with Crippen LogP contribution < -0.4 is 5.32 Å². The van der Waals surface area contributed by atoms with E-state index in [1.807, 2.05) is 19.3 Å². The van der Waals surface area contributed by atoms with Crippen LogP contribution in [-0.2, 0) is 4.74 Å². The van der Waals surface area contributed by atoms with Crippen LogP contribution in [0.2, 0.25) is 0 Å². The van der Waals surface area contributed by atoms with E-state index in [1.54, 1.807) is 7.11 Å². The molecule has 0 fully saturated rings. The van der Waals surface area contributed by atoms with Crippen molar-refractivity contribution in [2.24, 2.45) is 0 Å². The molecule has 17 heavy (non-hydrogen) atoms. The van der Waals surface area contributed by atoms with Gasteiger partial charge >= 0.3 is 0 Å². The number of hydrogen-bond acceptors (Lipinski definition) is 4. The van der Waals surface area contributed by atoms with Crippen molar-refractivity contribution in [2.45, 2.75) is 39.2 Å². The highest BCUT2D eigenvalue weighted by atomic mass is 16.5. The monoisotopic (exact) mass is 237 g/mol. The maximum absolute atomic E-state index is 5.08. The summed E-state index contributed by atoms with van der Waals surface area (Å²) >= 11 is 0. The summed E-state index contributed by atoms with van der Waals surface area (Å²) in [6, 6.07) is 0.241. The van der Waals surface area contributed by atoms with Crippen LogP contribution in [0.4, 0.5) is 0 Å². The van der Waals surface area contributed by atoms with Crippen LogP contribution in [0.3, 0.4) is 0 Å². The molecule has 1 unspecified atom stereocenters. The lowest BCUT2D eigenvalue weighted by Crippen LogP contribution is -2.24. The molecule has 0 spiro atoms. The van der Waals surface area contributed by atoms with Gasteiger partial charge in [0.1, 0.15) is 5.82 Å². The summed E-state index contributed by atoms with van der Waals surface area (Å²) in [5.74, 6) is 0.889. The molecule has 1 aromatic rings. The lowest BCUT2D eigenvalue weighted by atomic mass is 10.1. The van der Waals surface area contributed by atoms with Gasteiger partial charge in [0, 0.05) is 26.1 Å². The van der Waals surface area contributed by atoms with Crippen molar-refractivity contribution in [1.82, 2.24) is 15.3 Å². The zero-order valence-electron chi connectivity index (χ0n) is 11.1. The van der Waals surface area contributed by atoms with Gasteiger partial charge < -0.3 is 10.1 Å². The Labute approximate surface area is 104 Å². The molecule has 1 rings (SSSR count). The molecule has 0 aromatic carbocycles. The van der Waals surface area contributed by atoms with E-state index in [4.69, 9.17) is 4.74 Å². The van der Waals surface area contributed by atoms with Crippen molar-refractivity contribution in [3.05, 3.63) is 23.8 Å². The summed E-state index contributed by atoms with van der Waals surface area (Å²) < 4.78 is 5.08. The quantitative estimate of drug-likeness (QED) is 0.704. The van der Waals surface area contributed by atoms with Crippen LogP contribution >= 0.6 is 0 Å². The Morgan fingerprint density at radius 2 is 2.06 bits per heavy atom. The second-order valence-corrected chi connectivity index (χ2v) is 4.26. The zero-order chi connectivity index (χ0) is 12.5. The molecular formula is C13H23N3O. The normalized spacial score (nSPS) is 12.6. The fourth-order valence-corrected chi connectivity index (χ4v) is 1.66. The largest absolute Gasteiger partial charge is 0.385 e. The first-order chi connectivity index (χ1) is 8.27. The number of aromatic nitrogens is 2. The van der Waals surface area contributed by atoms with Crippen LogP contribution in [0.5, 0.6) is 0 Å². The van der Waals surface area contributed by atoms with Crippen molar-refractivity contribution in [1.29, 1.82) is 0 Å². The van der Waals surface area contributed by atoms with Gasteiger partial charge in [0.05, 0.1) is 6.04 Å². The highest BCUT2D eigenvalue weighted by molar-refractivity contribution is 5.04.